The summed E-state index contributed by atoms with van der Waals surface area (Å²) in [6, 6.07) is 0.202. The first-order chi connectivity index (χ1) is 8.08. The molecular weight excluding hydrogens is 216 g/mol. The lowest BCUT2D eigenvalue weighted by Crippen LogP contribution is -2.46. The Balaban J connectivity index is 2.37. The molecule has 1 amide bonds. The van der Waals surface area contributed by atoms with E-state index in [0.29, 0.717) is 5.92 Å². The van der Waals surface area contributed by atoms with Gasteiger partial charge in [-0.2, -0.15) is 0 Å². The summed E-state index contributed by atoms with van der Waals surface area (Å²) in [6.07, 6.45) is 2.92. The summed E-state index contributed by atoms with van der Waals surface area (Å²) in [7, 11) is 0. The Hall–Kier alpha value is -0.610. The maximum Gasteiger partial charge on any atom is 0.237 e. The van der Waals surface area contributed by atoms with Gasteiger partial charge in [-0.25, -0.2) is 0 Å². The minimum atomic E-state index is -0.0484. The first-order valence-electron chi connectivity index (χ1n) is 6.73. The van der Waals surface area contributed by atoms with Crippen molar-refractivity contribution in [1.29, 1.82) is 0 Å². The van der Waals surface area contributed by atoms with Crippen LogP contribution in [0.25, 0.3) is 0 Å². The summed E-state index contributed by atoms with van der Waals surface area (Å²) in [5, 5.41) is 11.9. The molecule has 0 aromatic carbocycles. The molecule has 0 bridgehead atoms. The summed E-state index contributed by atoms with van der Waals surface area (Å²) in [5.41, 5.74) is 0. The van der Waals surface area contributed by atoms with E-state index in [0.717, 1.165) is 32.4 Å². The molecule has 1 rings (SSSR count). The smallest absolute Gasteiger partial charge is 0.237 e. The van der Waals surface area contributed by atoms with Gasteiger partial charge in [0.25, 0.3) is 0 Å². The van der Waals surface area contributed by atoms with Gasteiger partial charge in [0.2, 0.25) is 5.91 Å². The molecule has 0 radical (unpaired) electrons. The van der Waals surface area contributed by atoms with Gasteiger partial charge in [-0.1, -0.05) is 6.92 Å². The molecule has 0 spiro atoms. The fourth-order valence-corrected chi connectivity index (χ4v) is 2.26. The Morgan fingerprint density at radius 2 is 2.24 bits per heavy atom. The van der Waals surface area contributed by atoms with Crippen molar-refractivity contribution in [2.45, 2.75) is 52.1 Å². The first kappa shape index (κ1) is 14.5. The highest BCUT2D eigenvalue weighted by atomic mass is 16.3. The molecule has 4 heteroatoms. The number of nitrogens with one attached hydrogen (secondary N) is 1. The van der Waals surface area contributed by atoms with Gasteiger partial charge in [-0.05, 0) is 45.6 Å². The second kappa shape index (κ2) is 6.97. The van der Waals surface area contributed by atoms with E-state index >= 15 is 0 Å². The predicted octanol–water partition coefficient (Wildman–Crippen LogP) is 0.994. The maximum atomic E-state index is 12.0. The molecule has 1 heterocycles. The van der Waals surface area contributed by atoms with Crippen LogP contribution in [-0.4, -0.2) is 47.7 Å². The normalized spacial score (nSPS) is 24.6. The highest BCUT2D eigenvalue weighted by Gasteiger charge is 2.29. The molecule has 1 aliphatic rings. The fraction of sp³-hybridized carbons (Fsp3) is 0.923. The Bertz CT molecular complexity index is 246. The topological polar surface area (TPSA) is 52.6 Å². The van der Waals surface area contributed by atoms with Crippen LogP contribution in [0, 0.1) is 5.92 Å². The molecule has 100 valence electrons. The molecule has 1 fully saturated rings. The van der Waals surface area contributed by atoms with Crippen LogP contribution in [0.2, 0.25) is 0 Å². The van der Waals surface area contributed by atoms with Crippen molar-refractivity contribution in [3.8, 4) is 0 Å². The number of carbonyl (C=O) groups is 1. The van der Waals surface area contributed by atoms with Crippen LogP contribution < -0.4 is 5.32 Å². The highest BCUT2D eigenvalue weighted by Crippen LogP contribution is 2.21. The third kappa shape index (κ3) is 4.28. The monoisotopic (exact) mass is 242 g/mol. The average molecular weight is 242 g/mol. The Kier molecular flexibility index (Phi) is 5.92. The van der Waals surface area contributed by atoms with E-state index < -0.39 is 0 Å². The van der Waals surface area contributed by atoms with Crippen LogP contribution in [0.4, 0.5) is 0 Å². The lowest BCUT2D eigenvalue weighted by Gasteiger charge is -2.25. The summed E-state index contributed by atoms with van der Waals surface area (Å²) in [4.78, 5) is 14.2. The van der Waals surface area contributed by atoms with Gasteiger partial charge in [0.15, 0.2) is 0 Å². The van der Waals surface area contributed by atoms with Gasteiger partial charge in [0, 0.05) is 19.2 Å². The van der Waals surface area contributed by atoms with Crippen LogP contribution >= 0.6 is 0 Å². The number of carbonyl (C=O) groups excluding carboxylic acids is 1. The van der Waals surface area contributed by atoms with Crippen LogP contribution in [0.15, 0.2) is 0 Å². The van der Waals surface area contributed by atoms with Crippen molar-refractivity contribution in [3.63, 3.8) is 0 Å². The van der Waals surface area contributed by atoms with E-state index in [4.69, 9.17) is 5.11 Å². The number of aliphatic hydroxyl groups excluding tert-OH is 1. The maximum absolute atomic E-state index is 12.0. The number of likely N-dealkylation sites (tertiary alicyclic amines) is 1. The highest BCUT2D eigenvalue weighted by molar-refractivity contribution is 5.81. The molecule has 4 nitrogen and oxygen atoms in total. The number of aliphatic hydroxyl groups is 1. The zero-order valence-electron chi connectivity index (χ0n) is 11.3. The Labute approximate surface area is 104 Å². The quantitative estimate of drug-likeness (QED) is 0.730. The Morgan fingerprint density at radius 1 is 1.53 bits per heavy atom. The average Bonchev–Trinajstić information content (AvgIpc) is 2.76. The van der Waals surface area contributed by atoms with Crippen molar-refractivity contribution in [2.24, 2.45) is 5.92 Å². The van der Waals surface area contributed by atoms with Gasteiger partial charge in [0.05, 0.1) is 6.04 Å². The minimum Gasteiger partial charge on any atom is -0.396 e. The number of hydrogen-bond acceptors (Lipinski definition) is 3. The lowest BCUT2D eigenvalue weighted by molar-refractivity contribution is -0.126. The largest absolute Gasteiger partial charge is 0.396 e. The van der Waals surface area contributed by atoms with Crippen molar-refractivity contribution in [1.82, 2.24) is 10.2 Å². The third-order valence-corrected chi connectivity index (χ3v) is 3.78. The lowest BCUT2D eigenvalue weighted by atomic mass is 10.1. The van der Waals surface area contributed by atoms with Gasteiger partial charge in [-0.15, -0.1) is 0 Å². The molecule has 17 heavy (non-hydrogen) atoms. The molecule has 1 aliphatic heterocycles. The zero-order chi connectivity index (χ0) is 12.8. The molecule has 0 saturated carbocycles. The van der Waals surface area contributed by atoms with E-state index in [9.17, 15) is 4.79 Å². The van der Waals surface area contributed by atoms with Gasteiger partial charge >= 0.3 is 0 Å². The van der Waals surface area contributed by atoms with E-state index in [2.05, 4.69) is 17.1 Å². The minimum absolute atomic E-state index is 0.0484. The summed E-state index contributed by atoms with van der Waals surface area (Å²) in [5.74, 6) is 0.683. The van der Waals surface area contributed by atoms with Crippen LogP contribution in [0.1, 0.15) is 40.0 Å². The standard InChI is InChI=1S/C13H26N2O2/c1-4-10(2)14-13(17)11(3)15-7-5-12(9-15)6-8-16/h10-12,16H,4-9H2,1-3H3,(H,14,17). The van der Waals surface area contributed by atoms with Crippen molar-refractivity contribution < 1.29 is 9.90 Å². The van der Waals surface area contributed by atoms with Crippen molar-refractivity contribution >= 4 is 5.91 Å². The number of nitrogens with zero attached hydrogens (tertiary/aromatic N) is 1. The molecule has 3 atom stereocenters. The molecule has 0 aliphatic carbocycles. The second-order valence-corrected chi connectivity index (χ2v) is 5.16. The van der Waals surface area contributed by atoms with Crippen molar-refractivity contribution in [3.05, 3.63) is 0 Å². The number of hydrogen-bond donors (Lipinski definition) is 2. The predicted molar refractivity (Wildman–Crippen MR) is 68.7 cm³/mol. The zero-order valence-corrected chi connectivity index (χ0v) is 11.3. The summed E-state index contributed by atoms with van der Waals surface area (Å²) < 4.78 is 0. The van der Waals surface area contributed by atoms with Crippen LogP contribution in [-0.2, 0) is 4.79 Å². The molecule has 0 aromatic heterocycles. The van der Waals surface area contributed by atoms with Crippen molar-refractivity contribution in [2.75, 3.05) is 19.7 Å². The van der Waals surface area contributed by atoms with Gasteiger partial charge in [-0.3, -0.25) is 9.69 Å². The number of rotatable bonds is 6. The van der Waals surface area contributed by atoms with Crippen LogP contribution in [0.3, 0.4) is 0 Å². The molecular formula is C13H26N2O2. The molecule has 2 N–H and O–H groups in total. The third-order valence-electron chi connectivity index (χ3n) is 3.78. The fourth-order valence-electron chi connectivity index (χ4n) is 2.26. The number of amides is 1. The van der Waals surface area contributed by atoms with Crippen LogP contribution in [0.5, 0.6) is 0 Å². The second-order valence-electron chi connectivity index (χ2n) is 5.16. The SMILES string of the molecule is CCC(C)NC(=O)C(C)N1CCC(CCO)C1. The molecule has 1 saturated heterocycles. The summed E-state index contributed by atoms with van der Waals surface area (Å²) >= 11 is 0. The van der Waals surface area contributed by atoms with E-state index in [1.54, 1.807) is 0 Å². The molecule has 3 unspecified atom stereocenters. The van der Waals surface area contributed by atoms with Gasteiger partial charge < -0.3 is 10.4 Å². The van der Waals surface area contributed by atoms with E-state index in [1.165, 1.54) is 0 Å². The summed E-state index contributed by atoms with van der Waals surface area (Å²) in [6.45, 7) is 8.24. The first-order valence-corrected chi connectivity index (χ1v) is 6.73. The molecule has 0 aromatic rings. The Morgan fingerprint density at radius 3 is 2.82 bits per heavy atom. The van der Waals surface area contributed by atoms with Gasteiger partial charge in [0.1, 0.15) is 0 Å². The van der Waals surface area contributed by atoms with E-state index in [-0.39, 0.29) is 24.6 Å². The van der Waals surface area contributed by atoms with E-state index in [1.807, 2.05) is 13.8 Å².